The van der Waals surface area contributed by atoms with Gasteiger partial charge in [-0.2, -0.15) is 0 Å². The summed E-state index contributed by atoms with van der Waals surface area (Å²) in [5.41, 5.74) is 2.90. The fourth-order valence-corrected chi connectivity index (χ4v) is 2.73. The molecule has 88 valence electrons. The third kappa shape index (κ3) is 1.72. The molecule has 1 N–H and O–H groups in total. The van der Waals surface area contributed by atoms with Crippen molar-refractivity contribution < 1.29 is 9.90 Å². The Morgan fingerprint density at radius 3 is 3.00 bits per heavy atom. The summed E-state index contributed by atoms with van der Waals surface area (Å²) in [6.07, 6.45) is 2.75. The molecular weight excluding hydrogens is 331 g/mol. The average Bonchev–Trinajstić information content (AvgIpc) is 3.01. The van der Waals surface area contributed by atoms with Gasteiger partial charge in [0.25, 0.3) is 0 Å². The van der Waals surface area contributed by atoms with Crippen LogP contribution in [0.15, 0.2) is 18.3 Å². The van der Waals surface area contributed by atoms with E-state index in [1.54, 1.807) is 0 Å². The number of aromatic nitrogens is 2. The largest absolute Gasteiger partial charge is 0.481 e. The quantitative estimate of drug-likeness (QED) is 0.853. The molecule has 3 rings (SSSR count). The number of carboxylic acids is 1. The molecule has 2 atom stereocenters. The standard InChI is InChI=1S/C12H11IN2O2/c1-6-11(8-4-9(8)12(16)17)14-10-3-2-7(13)5-15(6)10/h2-3,5,8-9H,4H2,1H3,(H,16,17). The third-order valence-corrected chi connectivity index (χ3v) is 3.95. The van der Waals surface area contributed by atoms with E-state index in [2.05, 4.69) is 27.6 Å². The Bertz CT molecular complexity index is 620. The summed E-state index contributed by atoms with van der Waals surface area (Å²) < 4.78 is 3.18. The molecule has 17 heavy (non-hydrogen) atoms. The van der Waals surface area contributed by atoms with Gasteiger partial charge in [0.1, 0.15) is 5.65 Å². The zero-order chi connectivity index (χ0) is 12.2. The summed E-state index contributed by atoms with van der Waals surface area (Å²) in [6, 6.07) is 3.98. The Hall–Kier alpha value is -1.11. The van der Waals surface area contributed by atoms with Gasteiger partial charge in [-0.25, -0.2) is 4.98 Å². The van der Waals surface area contributed by atoms with Gasteiger partial charge in [0.05, 0.1) is 11.6 Å². The number of aryl methyl sites for hydroxylation is 1. The van der Waals surface area contributed by atoms with Crippen LogP contribution in [0.2, 0.25) is 0 Å². The lowest BCUT2D eigenvalue weighted by molar-refractivity contribution is -0.138. The number of carbonyl (C=O) groups is 1. The van der Waals surface area contributed by atoms with Gasteiger partial charge in [0, 0.05) is 21.4 Å². The zero-order valence-corrected chi connectivity index (χ0v) is 11.4. The van der Waals surface area contributed by atoms with Gasteiger partial charge in [-0.3, -0.25) is 4.79 Å². The molecule has 0 bridgehead atoms. The van der Waals surface area contributed by atoms with Crippen LogP contribution in [0.5, 0.6) is 0 Å². The van der Waals surface area contributed by atoms with Gasteiger partial charge < -0.3 is 9.51 Å². The van der Waals surface area contributed by atoms with Crippen molar-refractivity contribution in [2.75, 3.05) is 0 Å². The van der Waals surface area contributed by atoms with Crippen molar-refractivity contribution in [3.63, 3.8) is 0 Å². The highest BCUT2D eigenvalue weighted by molar-refractivity contribution is 14.1. The third-order valence-electron chi connectivity index (χ3n) is 3.32. The van der Waals surface area contributed by atoms with Crippen molar-refractivity contribution in [2.24, 2.45) is 5.92 Å². The number of carboxylic acid groups (broad SMARTS) is 1. The molecule has 4 nitrogen and oxygen atoms in total. The molecule has 2 aromatic heterocycles. The summed E-state index contributed by atoms with van der Waals surface area (Å²) in [4.78, 5) is 15.4. The van der Waals surface area contributed by atoms with Crippen LogP contribution in [0.25, 0.3) is 5.65 Å². The lowest BCUT2D eigenvalue weighted by Crippen LogP contribution is -2.00. The number of nitrogens with zero attached hydrogens (tertiary/aromatic N) is 2. The number of rotatable bonds is 2. The summed E-state index contributed by atoms with van der Waals surface area (Å²) in [6.45, 7) is 2.00. The van der Waals surface area contributed by atoms with Crippen LogP contribution < -0.4 is 0 Å². The lowest BCUT2D eigenvalue weighted by atomic mass is 10.2. The molecule has 0 saturated heterocycles. The predicted octanol–water partition coefficient (Wildman–Crippen LogP) is 2.44. The Labute approximate surface area is 112 Å². The Morgan fingerprint density at radius 2 is 2.35 bits per heavy atom. The average molecular weight is 342 g/mol. The summed E-state index contributed by atoms with van der Waals surface area (Å²) in [5.74, 6) is -0.844. The van der Waals surface area contributed by atoms with Crippen LogP contribution in [0.3, 0.4) is 0 Å². The molecule has 1 aliphatic carbocycles. The maximum atomic E-state index is 10.9. The minimum Gasteiger partial charge on any atom is -0.481 e. The fraction of sp³-hybridized carbons (Fsp3) is 0.333. The SMILES string of the molecule is Cc1c(C2CC2C(=O)O)nc2ccc(I)cn12. The van der Waals surface area contributed by atoms with E-state index in [-0.39, 0.29) is 11.8 Å². The van der Waals surface area contributed by atoms with E-state index in [4.69, 9.17) is 5.11 Å². The van der Waals surface area contributed by atoms with Gasteiger partial charge in [-0.1, -0.05) is 0 Å². The van der Waals surface area contributed by atoms with Crippen molar-refractivity contribution in [2.45, 2.75) is 19.3 Å². The molecular formula is C12H11IN2O2. The van der Waals surface area contributed by atoms with Crippen molar-refractivity contribution in [3.8, 4) is 0 Å². The molecule has 1 saturated carbocycles. The highest BCUT2D eigenvalue weighted by Gasteiger charge is 2.46. The van der Waals surface area contributed by atoms with Crippen LogP contribution in [0.4, 0.5) is 0 Å². The highest BCUT2D eigenvalue weighted by atomic mass is 127. The van der Waals surface area contributed by atoms with Crippen molar-refractivity contribution in [1.82, 2.24) is 9.38 Å². The van der Waals surface area contributed by atoms with Crippen molar-refractivity contribution in [1.29, 1.82) is 0 Å². The maximum absolute atomic E-state index is 10.9. The Morgan fingerprint density at radius 1 is 1.59 bits per heavy atom. The van der Waals surface area contributed by atoms with E-state index in [1.165, 1.54) is 0 Å². The van der Waals surface area contributed by atoms with Gasteiger partial charge in [0.15, 0.2) is 0 Å². The molecule has 5 heteroatoms. The molecule has 1 fully saturated rings. The molecule has 2 aromatic rings. The summed E-state index contributed by atoms with van der Waals surface area (Å²) in [5, 5.41) is 8.96. The van der Waals surface area contributed by atoms with Crippen LogP contribution in [0.1, 0.15) is 23.7 Å². The van der Waals surface area contributed by atoms with Crippen molar-refractivity contribution >= 4 is 34.2 Å². The minimum absolute atomic E-state index is 0.102. The molecule has 2 unspecified atom stereocenters. The van der Waals surface area contributed by atoms with E-state index in [1.807, 2.05) is 29.7 Å². The smallest absolute Gasteiger partial charge is 0.307 e. The number of hydrogen-bond acceptors (Lipinski definition) is 2. The number of aliphatic carboxylic acids is 1. The van der Waals surface area contributed by atoms with Crippen LogP contribution in [-0.4, -0.2) is 20.5 Å². The van der Waals surface area contributed by atoms with Gasteiger partial charge in [-0.15, -0.1) is 0 Å². The molecule has 1 aliphatic rings. The molecule has 0 aromatic carbocycles. The van der Waals surface area contributed by atoms with E-state index in [0.717, 1.165) is 27.0 Å². The number of imidazole rings is 1. The number of pyridine rings is 1. The van der Waals surface area contributed by atoms with Crippen LogP contribution >= 0.6 is 22.6 Å². The summed E-state index contributed by atoms with van der Waals surface area (Å²) in [7, 11) is 0. The normalized spacial score (nSPS) is 22.9. The van der Waals surface area contributed by atoms with Gasteiger partial charge in [0.2, 0.25) is 0 Å². The molecule has 0 radical (unpaired) electrons. The van der Waals surface area contributed by atoms with Crippen LogP contribution in [0, 0.1) is 16.4 Å². The summed E-state index contributed by atoms with van der Waals surface area (Å²) >= 11 is 2.26. The maximum Gasteiger partial charge on any atom is 0.307 e. The molecule has 0 amide bonds. The molecule has 2 heterocycles. The van der Waals surface area contributed by atoms with Crippen LogP contribution in [-0.2, 0) is 4.79 Å². The molecule has 0 aliphatic heterocycles. The fourth-order valence-electron chi connectivity index (χ4n) is 2.28. The zero-order valence-electron chi connectivity index (χ0n) is 9.22. The lowest BCUT2D eigenvalue weighted by Gasteiger charge is -1.98. The van der Waals surface area contributed by atoms with Crippen molar-refractivity contribution in [3.05, 3.63) is 33.3 Å². The second kappa shape index (κ2) is 3.69. The monoisotopic (exact) mass is 342 g/mol. The Balaban J connectivity index is 2.07. The Kier molecular flexibility index (Phi) is 2.39. The number of halogens is 1. The highest BCUT2D eigenvalue weighted by Crippen LogP contribution is 2.48. The first-order valence-electron chi connectivity index (χ1n) is 5.45. The van der Waals surface area contributed by atoms with E-state index in [9.17, 15) is 4.79 Å². The second-order valence-corrected chi connectivity index (χ2v) is 5.69. The first-order chi connectivity index (χ1) is 8.08. The topological polar surface area (TPSA) is 54.6 Å². The van der Waals surface area contributed by atoms with Gasteiger partial charge >= 0.3 is 5.97 Å². The van der Waals surface area contributed by atoms with Gasteiger partial charge in [-0.05, 0) is 48.1 Å². The first-order valence-corrected chi connectivity index (χ1v) is 6.52. The molecule has 0 spiro atoms. The minimum atomic E-state index is -0.707. The van der Waals surface area contributed by atoms with E-state index >= 15 is 0 Å². The van der Waals surface area contributed by atoms with E-state index in [0.29, 0.717) is 0 Å². The predicted molar refractivity (Wildman–Crippen MR) is 71.1 cm³/mol. The number of hydrogen-bond donors (Lipinski definition) is 1. The van der Waals surface area contributed by atoms with E-state index < -0.39 is 5.97 Å². The number of fused-ring (bicyclic) bond motifs is 1. The first kappa shape index (κ1) is 11.0. The second-order valence-electron chi connectivity index (χ2n) is 4.44.